The lowest BCUT2D eigenvalue weighted by Crippen LogP contribution is -2.32. The number of hydrogen-bond donors (Lipinski definition) is 2. The minimum atomic E-state index is -0.686. The van der Waals surface area contributed by atoms with E-state index in [1.165, 1.54) is 0 Å². The molecule has 1 aromatic carbocycles. The highest BCUT2D eigenvalue weighted by atomic mass is 16.3. The molecule has 22 heavy (non-hydrogen) atoms. The number of imide groups is 2. The molecular weight excluding hydrogens is 292 g/mol. The molecule has 110 valence electrons. The summed E-state index contributed by atoms with van der Waals surface area (Å²) in [5.74, 6) is -3.83. The standard InChI is InChI=1S/C14H8N2O6/c17-9-6-10(18)8(16-13(21)3-4-14(16)22)5-7(9)15-11(19)1-2-12(15)20/h1-6,17-18H. The third kappa shape index (κ3) is 1.85. The summed E-state index contributed by atoms with van der Waals surface area (Å²) in [7, 11) is 0. The number of carbonyl (C=O) groups is 4. The molecule has 0 unspecified atom stereocenters. The zero-order valence-corrected chi connectivity index (χ0v) is 10.9. The number of carbonyl (C=O) groups excluding carboxylic acids is 4. The number of phenols is 2. The molecule has 1 aromatic rings. The second-order valence-corrected chi connectivity index (χ2v) is 4.52. The Kier molecular flexibility index (Phi) is 2.81. The van der Waals surface area contributed by atoms with Gasteiger partial charge >= 0.3 is 0 Å². The van der Waals surface area contributed by atoms with E-state index in [0.29, 0.717) is 9.80 Å². The van der Waals surface area contributed by atoms with Crippen LogP contribution >= 0.6 is 0 Å². The number of nitrogens with zero attached hydrogens (tertiary/aromatic N) is 2. The first-order valence-electron chi connectivity index (χ1n) is 6.08. The fraction of sp³-hybridized carbons (Fsp3) is 0. The van der Waals surface area contributed by atoms with Gasteiger partial charge in [-0.05, 0) is 6.07 Å². The molecule has 0 spiro atoms. The maximum absolute atomic E-state index is 11.7. The highest BCUT2D eigenvalue weighted by Gasteiger charge is 2.32. The van der Waals surface area contributed by atoms with E-state index in [4.69, 9.17) is 0 Å². The molecule has 0 atom stereocenters. The molecule has 0 saturated heterocycles. The van der Waals surface area contributed by atoms with Crippen LogP contribution in [0.5, 0.6) is 11.5 Å². The van der Waals surface area contributed by atoms with E-state index in [-0.39, 0.29) is 11.4 Å². The summed E-state index contributed by atoms with van der Waals surface area (Å²) in [6, 6.07) is 1.87. The maximum atomic E-state index is 11.7. The molecule has 0 bridgehead atoms. The van der Waals surface area contributed by atoms with Crippen LogP contribution in [0.3, 0.4) is 0 Å². The maximum Gasteiger partial charge on any atom is 0.258 e. The van der Waals surface area contributed by atoms with Crippen molar-refractivity contribution < 1.29 is 29.4 Å². The Balaban J connectivity index is 2.12. The number of rotatable bonds is 2. The quantitative estimate of drug-likeness (QED) is 0.740. The SMILES string of the molecule is O=C1C=CC(=O)N1c1cc(N2C(=O)C=CC2=O)c(O)cc1O. The molecule has 4 amide bonds. The third-order valence-corrected chi connectivity index (χ3v) is 3.17. The van der Waals surface area contributed by atoms with Gasteiger partial charge in [-0.1, -0.05) is 0 Å². The van der Waals surface area contributed by atoms with Crippen LogP contribution in [0.4, 0.5) is 11.4 Å². The monoisotopic (exact) mass is 300 g/mol. The molecule has 0 radical (unpaired) electrons. The van der Waals surface area contributed by atoms with Crippen LogP contribution in [-0.4, -0.2) is 33.8 Å². The summed E-state index contributed by atoms with van der Waals surface area (Å²) in [6.45, 7) is 0. The summed E-state index contributed by atoms with van der Waals surface area (Å²) >= 11 is 0. The molecule has 0 aromatic heterocycles. The lowest BCUT2D eigenvalue weighted by Gasteiger charge is -2.20. The van der Waals surface area contributed by atoms with Crippen LogP contribution in [0.15, 0.2) is 36.4 Å². The molecule has 2 N–H and O–H groups in total. The minimum Gasteiger partial charge on any atom is -0.506 e. The first-order valence-corrected chi connectivity index (χ1v) is 6.08. The first kappa shape index (κ1) is 13.6. The predicted molar refractivity (Wildman–Crippen MR) is 73.0 cm³/mol. The Morgan fingerprint density at radius 3 is 1.23 bits per heavy atom. The second kappa shape index (κ2) is 4.55. The molecule has 2 aliphatic rings. The smallest absolute Gasteiger partial charge is 0.258 e. The van der Waals surface area contributed by atoms with Gasteiger partial charge in [0, 0.05) is 30.4 Å². The lowest BCUT2D eigenvalue weighted by molar-refractivity contribution is -0.121. The van der Waals surface area contributed by atoms with Gasteiger partial charge in [0.05, 0.1) is 11.4 Å². The predicted octanol–water partition coefficient (Wildman–Crippen LogP) is -0.0434. The summed E-state index contributed by atoms with van der Waals surface area (Å²) in [6.07, 6.45) is 4.06. The van der Waals surface area contributed by atoms with E-state index in [0.717, 1.165) is 36.4 Å². The third-order valence-electron chi connectivity index (χ3n) is 3.17. The Labute approximate surface area is 123 Å². The van der Waals surface area contributed by atoms with Crippen molar-refractivity contribution in [2.75, 3.05) is 9.80 Å². The number of hydrogen-bond acceptors (Lipinski definition) is 6. The molecule has 0 fully saturated rings. The molecule has 0 saturated carbocycles. The van der Waals surface area contributed by atoms with E-state index in [2.05, 4.69) is 0 Å². The van der Waals surface area contributed by atoms with Crippen LogP contribution in [0.25, 0.3) is 0 Å². The Bertz CT molecular complexity index is 709. The Hall–Kier alpha value is -3.42. The van der Waals surface area contributed by atoms with Gasteiger partial charge in [-0.2, -0.15) is 0 Å². The van der Waals surface area contributed by atoms with Crippen molar-refractivity contribution in [3.05, 3.63) is 36.4 Å². The van der Waals surface area contributed by atoms with Gasteiger partial charge < -0.3 is 10.2 Å². The number of benzene rings is 1. The zero-order valence-electron chi connectivity index (χ0n) is 10.9. The van der Waals surface area contributed by atoms with Gasteiger partial charge in [0.15, 0.2) is 0 Å². The first-order chi connectivity index (χ1) is 10.4. The summed E-state index contributed by atoms with van der Waals surface area (Å²) in [4.78, 5) is 48.0. The zero-order chi connectivity index (χ0) is 16.0. The van der Waals surface area contributed by atoms with Crippen LogP contribution in [-0.2, 0) is 19.2 Å². The van der Waals surface area contributed by atoms with E-state index in [9.17, 15) is 29.4 Å². The topological polar surface area (TPSA) is 115 Å². The average molecular weight is 300 g/mol. The fourth-order valence-electron chi connectivity index (χ4n) is 2.19. The number of anilines is 2. The molecule has 2 heterocycles. The van der Waals surface area contributed by atoms with Crippen LogP contribution in [0.2, 0.25) is 0 Å². The van der Waals surface area contributed by atoms with Gasteiger partial charge in [0.25, 0.3) is 23.6 Å². The van der Waals surface area contributed by atoms with Crippen molar-refractivity contribution in [2.45, 2.75) is 0 Å². The number of aromatic hydroxyl groups is 2. The fourth-order valence-corrected chi connectivity index (χ4v) is 2.19. The van der Waals surface area contributed by atoms with Crippen LogP contribution in [0, 0.1) is 0 Å². The molecular formula is C14H8N2O6. The average Bonchev–Trinajstić information content (AvgIpc) is 2.95. The normalized spacial score (nSPS) is 17.3. The van der Waals surface area contributed by atoms with E-state index >= 15 is 0 Å². The molecule has 3 rings (SSSR count). The Morgan fingerprint density at radius 2 is 0.909 bits per heavy atom. The van der Waals surface area contributed by atoms with Gasteiger partial charge in [-0.15, -0.1) is 0 Å². The largest absolute Gasteiger partial charge is 0.506 e. The second-order valence-electron chi connectivity index (χ2n) is 4.52. The van der Waals surface area contributed by atoms with Gasteiger partial charge in [0.1, 0.15) is 11.5 Å². The molecule has 8 nitrogen and oxygen atoms in total. The summed E-state index contributed by atoms with van der Waals surface area (Å²) < 4.78 is 0. The highest BCUT2D eigenvalue weighted by Crippen LogP contribution is 2.40. The molecule has 8 heteroatoms. The van der Waals surface area contributed by atoms with Crippen molar-refractivity contribution in [1.82, 2.24) is 0 Å². The highest BCUT2D eigenvalue weighted by molar-refractivity contribution is 6.30. The van der Waals surface area contributed by atoms with E-state index in [1.54, 1.807) is 0 Å². The Morgan fingerprint density at radius 1 is 0.591 bits per heavy atom. The lowest BCUT2D eigenvalue weighted by atomic mass is 10.2. The van der Waals surface area contributed by atoms with Crippen molar-refractivity contribution in [3.8, 4) is 11.5 Å². The van der Waals surface area contributed by atoms with Crippen LogP contribution < -0.4 is 9.80 Å². The van der Waals surface area contributed by atoms with Crippen molar-refractivity contribution in [3.63, 3.8) is 0 Å². The number of phenolic OH excluding ortho intramolecular Hbond substituents is 2. The van der Waals surface area contributed by atoms with Crippen LogP contribution in [0.1, 0.15) is 0 Å². The molecule has 0 aliphatic carbocycles. The summed E-state index contributed by atoms with van der Waals surface area (Å²) in [5.41, 5.74) is -0.472. The van der Waals surface area contributed by atoms with Gasteiger partial charge in [-0.25, -0.2) is 9.80 Å². The van der Waals surface area contributed by atoms with Gasteiger partial charge in [-0.3, -0.25) is 19.2 Å². The van der Waals surface area contributed by atoms with E-state index in [1.807, 2.05) is 0 Å². The molecule has 2 aliphatic heterocycles. The van der Waals surface area contributed by atoms with Crippen molar-refractivity contribution in [2.24, 2.45) is 0 Å². The van der Waals surface area contributed by atoms with Crippen molar-refractivity contribution >= 4 is 35.0 Å². The minimum absolute atomic E-state index is 0.236. The van der Waals surface area contributed by atoms with Crippen molar-refractivity contribution in [1.29, 1.82) is 0 Å². The van der Waals surface area contributed by atoms with E-state index < -0.39 is 35.1 Å². The number of amides is 4. The van der Waals surface area contributed by atoms with Gasteiger partial charge in [0.2, 0.25) is 0 Å². The summed E-state index contributed by atoms with van der Waals surface area (Å²) in [5, 5.41) is 19.7.